The molecule has 0 amide bonds. The van der Waals surface area contributed by atoms with Gasteiger partial charge in [0.2, 0.25) is 0 Å². The van der Waals surface area contributed by atoms with Crippen LogP contribution in [0.4, 0.5) is 8.78 Å². The lowest BCUT2D eigenvalue weighted by Gasteiger charge is -2.11. The minimum atomic E-state index is -2.88. The molecule has 0 aliphatic rings. The maximum absolute atomic E-state index is 12.2. The SMILES string of the molecule is CCc1ccc(CC(=O)CBr)c(OC(F)F)c1. The Morgan fingerprint density at radius 1 is 1.47 bits per heavy atom. The molecule has 0 spiro atoms. The molecule has 0 fully saturated rings. The average Bonchev–Trinajstić information content (AvgIpc) is 2.30. The maximum Gasteiger partial charge on any atom is 0.387 e. The van der Waals surface area contributed by atoms with Crippen molar-refractivity contribution in [2.75, 3.05) is 5.33 Å². The predicted octanol–water partition coefficient (Wildman–Crippen LogP) is 3.36. The van der Waals surface area contributed by atoms with E-state index in [-0.39, 0.29) is 23.3 Å². The molecule has 0 heterocycles. The minimum absolute atomic E-state index is 0.0756. The third kappa shape index (κ3) is 4.42. The number of hydrogen-bond donors (Lipinski definition) is 0. The molecule has 0 radical (unpaired) electrons. The van der Waals surface area contributed by atoms with Crippen molar-refractivity contribution in [3.05, 3.63) is 29.3 Å². The summed E-state index contributed by atoms with van der Waals surface area (Å²) in [5.41, 5.74) is 1.39. The van der Waals surface area contributed by atoms with Gasteiger partial charge in [-0.05, 0) is 18.1 Å². The zero-order chi connectivity index (χ0) is 12.8. The van der Waals surface area contributed by atoms with Gasteiger partial charge in [-0.3, -0.25) is 4.79 Å². The standard InChI is InChI=1S/C12H13BrF2O2/c1-2-8-3-4-9(6-10(16)7-13)11(5-8)17-12(14)15/h3-5,12H,2,6-7H2,1H3. The second kappa shape index (κ2) is 6.69. The Hall–Kier alpha value is -0.970. The molecule has 0 aliphatic carbocycles. The Morgan fingerprint density at radius 2 is 2.18 bits per heavy atom. The first kappa shape index (κ1) is 14.1. The van der Waals surface area contributed by atoms with Crippen LogP contribution >= 0.6 is 15.9 Å². The first-order chi connectivity index (χ1) is 8.06. The highest BCUT2D eigenvalue weighted by Gasteiger charge is 2.12. The monoisotopic (exact) mass is 306 g/mol. The van der Waals surface area contributed by atoms with Crippen LogP contribution < -0.4 is 4.74 Å². The molecule has 17 heavy (non-hydrogen) atoms. The van der Waals surface area contributed by atoms with E-state index in [1.807, 2.05) is 13.0 Å². The van der Waals surface area contributed by atoms with E-state index in [4.69, 9.17) is 0 Å². The lowest BCUT2D eigenvalue weighted by molar-refractivity contribution is -0.116. The summed E-state index contributed by atoms with van der Waals surface area (Å²) >= 11 is 3.04. The fraction of sp³-hybridized carbons (Fsp3) is 0.417. The number of rotatable bonds is 6. The number of carbonyl (C=O) groups is 1. The van der Waals surface area contributed by atoms with E-state index < -0.39 is 6.61 Å². The van der Waals surface area contributed by atoms with Crippen LogP contribution in [-0.4, -0.2) is 17.7 Å². The molecular formula is C12H13BrF2O2. The Kier molecular flexibility index (Phi) is 5.55. The zero-order valence-corrected chi connectivity index (χ0v) is 11.0. The van der Waals surface area contributed by atoms with Crippen molar-refractivity contribution >= 4 is 21.7 Å². The number of alkyl halides is 3. The van der Waals surface area contributed by atoms with E-state index >= 15 is 0 Å². The van der Waals surface area contributed by atoms with Gasteiger partial charge >= 0.3 is 6.61 Å². The Balaban J connectivity index is 2.97. The van der Waals surface area contributed by atoms with E-state index in [9.17, 15) is 13.6 Å². The number of Topliss-reactive ketones (excluding diaryl/α,β-unsaturated/α-hetero) is 1. The Labute approximate surface area is 107 Å². The maximum atomic E-state index is 12.2. The molecule has 94 valence electrons. The molecule has 0 unspecified atom stereocenters. The molecule has 0 aliphatic heterocycles. The molecule has 0 aromatic heterocycles. The van der Waals surface area contributed by atoms with Crippen molar-refractivity contribution in [1.82, 2.24) is 0 Å². The van der Waals surface area contributed by atoms with Gasteiger partial charge in [-0.15, -0.1) is 0 Å². The quantitative estimate of drug-likeness (QED) is 0.753. The number of aryl methyl sites for hydroxylation is 1. The van der Waals surface area contributed by atoms with Crippen LogP contribution in [0.15, 0.2) is 18.2 Å². The number of ketones is 1. The van der Waals surface area contributed by atoms with Crippen LogP contribution in [0.2, 0.25) is 0 Å². The smallest absolute Gasteiger partial charge is 0.387 e. The molecule has 0 atom stereocenters. The van der Waals surface area contributed by atoms with Gasteiger partial charge in [-0.2, -0.15) is 8.78 Å². The third-order valence-electron chi connectivity index (χ3n) is 2.29. The number of carbonyl (C=O) groups excluding carboxylic acids is 1. The lowest BCUT2D eigenvalue weighted by atomic mass is 10.0. The van der Waals surface area contributed by atoms with Gasteiger partial charge in [0.1, 0.15) is 11.5 Å². The highest BCUT2D eigenvalue weighted by molar-refractivity contribution is 9.09. The summed E-state index contributed by atoms with van der Waals surface area (Å²) in [6, 6.07) is 5.04. The van der Waals surface area contributed by atoms with Crippen LogP contribution in [0.3, 0.4) is 0 Å². The average molecular weight is 307 g/mol. The van der Waals surface area contributed by atoms with Gasteiger partial charge in [0.05, 0.1) is 5.33 Å². The molecule has 1 aromatic rings. The fourth-order valence-electron chi connectivity index (χ4n) is 1.43. The van der Waals surface area contributed by atoms with Gasteiger partial charge in [-0.25, -0.2) is 0 Å². The van der Waals surface area contributed by atoms with Gasteiger partial charge in [-0.1, -0.05) is 35.0 Å². The molecular weight excluding hydrogens is 294 g/mol. The minimum Gasteiger partial charge on any atom is -0.435 e. The van der Waals surface area contributed by atoms with E-state index in [2.05, 4.69) is 20.7 Å². The molecule has 1 aromatic carbocycles. The number of ether oxygens (including phenoxy) is 1. The van der Waals surface area contributed by atoms with Crippen molar-refractivity contribution in [3.8, 4) is 5.75 Å². The largest absolute Gasteiger partial charge is 0.435 e. The summed E-state index contributed by atoms with van der Waals surface area (Å²) in [6.07, 6.45) is 0.823. The van der Waals surface area contributed by atoms with Crippen molar-refractivity contribution in [2.24, 2.45) is 0 Å². The predicted molar refractivity (Wildman–Crippen MR) is 65.0 cm³/mol. The third-order valence-corrected chi connectivity index (χ3v) is 2.92. The molecule has 0 bridgehead atoms. The van der Waals surface area contributed by atoms with Crippen molar-refractivity contribution in [1.29, 1.82) is 0 Å². The highest BCUT2D eigenvalue weighted by atomic mass is 79.9. The Bertz CT molecular complexity index is 394. The van der Waals surface area contributed by atoms with Crippen LogP contribution in [0.25, 0.3) is 0 Å². The molecule has 0 saturated carbocycles. The van der Waals surface area contributed by atoms with Gasteiger partial charge in [0.15, 0.2) is 0 Å². The van der Waals surface area contributed by atoms with E-state index in [0.717, 1.165) is 12.0 Å². The van der Waals surface area contributed by atoms with Crippen molar-refractivity contribution < 1.29 is 18.3 Å². The number of halogens is 3. The van der Waals surface area contributed by atoms with Crippen LogP contribution in [0, 0.1) is 0 Å². The summed E-state index contributed by atoms with van der Waals surface area (Å²) in [5.74, 6) is 0.0158. The molecule has 0 N–H and O–H groups in total. The lowest BCUT2D eigenvalue weighted by Crippen LogP contribution is -2.09. The van der Waals surface area contributed by atoms with E-state index in [0.29, 0.717) is 5.56 Å². The second-order valence-corrected chi connectivity index (χ2v) is 4.08. The molecule has 0 saturated heterocycles. The molecule has 2 nitrogen and oxygen atoms in total. The highest BCUT2D eigenvalue weighted by Crippen LogP contribution is 2.23. The van der Waals surface area contributed by atoms with Crippen molar-refractivity contribution in [3.63, 3.8) is 0 Å². The normalized spacial score (nSPS) is 10.6. The summed E-state index contributed by atoms with van der Waals surface area (Å²) in [4.78, 5) is 11.3. The summed E-state index contributed by atoms with van der Waals surface area (Å²) < 4.78 is 28.9. The van der Waals surface area contributed by atoms with Gasteiger partial charge < -0.3 is 4.74 Å². The number of hydrogen-bond acceptors (Lipinski definition) is 2. The first-order valence-electron chi connectivity index (χ1n) is 5.21. The molecule has 5 heteroatoms. The topological polar surface area (TPSA) is 26.3 Å². The van der Waals surface area contributed by atoms with Crippen LogP contribution in [-0.2, 0) is 17.6 Å². The summed E-state index contributed by atoms with van der Waals surface area (Å²) in [5, 5.41) is 0.205. The van der Waals surface area contributed by atoms with E-state index in [1.54, 1.807) is 12.1 Å². The second-order valence-electron chi connectivity index (χ2n) is 3.52. The van der Waals surface area contributed by atoms with Crippen LogP contribution in [0.1, 0.15) is 18.1 Å². The summed E-state index contributed by atoms with van der Waals surface area (Å²) in [7, 11) is 0. The fourth-order valence-corrected chi connectivity index (χ4v) is 1.63. The van der Waals surface area contributed by atoms with Gasteiger partial charge in [0, 0.05) is 12.0 Å². The number of benzene rings is 1. The Morgan fingerprint density at radius 3 is 2.71 bits per heavy atom. The van der Waals surface area contributed by atoms with Crippen LogP contribution in [0.5, 0.6) is 5.75 Å². The van der Waals surface area contributed by atoms with Crippen molar-refractivity contribution in [2.45, 2.75) is 26.4 Å². The zero-order valence-electron chi connectivity index (χ0n) is 9.38. The summed E-state index contributed by atoms with van der Waals surface area (Å²) in [6.45, 7) is -0.954. The molecule has 1 rings (SSSR count). The van der Waals surface area contributed by atoms with E-state index in [1.165, 1.54) is 0 Å². The first-order valence-corrected chi connectivity index (χ1v) is 6.33. The van der Waals surface area contributed by atoms with Gasteiger partial charge in [0.25, 0.3) is 0 Å².